The maximum absolute atomic E-state index is 12.1. The summed E-state index contributed by atoms with van der Waals surface area (Å²) in [6, 6.07) is 9.60. The fourth-order valence-corrected chi connectivity index (χ4v) is 2.16. The number of unbranched alkanes of at least 4 members (excludes halogenated alkanes) is 1. The van der Waals surface area contributed by atoms with E-state index in [1.54, 1.807) is 10.9 Å². The van der Waals surface area contributed by atoms with E-state index in [0.717, 1.165) is 11.4 Å². The Labute approximate surface area is 128 Å². The molecule has 0 saturated carbocycles. The molecule has 116 valence electrons. The van der Waals surface area contributed by atoms with E-state index >= 15 is 0 Å². The molecule has 0 saturated heterocycles. The highest BCUT2D eigenvalue weighted by Gasteiger charge is 2.14. The summed E-state index contributed by atoms with van der Waals surface area (Å²) in [4.78, 5) is 22.5. The van der Waals surface area contributed by atoms with Gasteiger partial charge in [-0.3, -0.25) is 9.59 Å². The van der Waals surface area contributed by atoms with Gasteiger partial charge < -0.3 is 10.4 Å². The molecule has 0 aliphatic heterocycles. The molecule has 0 spiro atoms. The van der Waals surface area contributed by atoms with Crippen LogP contribution in [0.1, 0.15) is 35.3 Å². The number of aliphatic carboxylic acids is 1. The van der Waals surface area contributed by atoms with E-state index in [4.69, 9.17) is 5.11 Å². The molecule has 0 radical (unpaired) electrons. The Morgan fingerprint density at radius 1 is 1.23 bits per heavy atom. The molecule has 22 heavy (non-hydrogen) atoms. The van der Waals surface area contributed by atoms with Crippen LogP contribution in [0, 0.1) is 6.92 Å². The van der Waals surface area contributed by atoms with E-state index in [-0.39, 0.29) is 12.3 Å². The number of benzene rings is 1. The van der Waals surface area contributed by atoms with E-state index in [0.29, 0.717) is 24.9 Å². The van der Waals surface area contributed by atoms with E-state index < -0.39 is 5.97 Å². The maximum atomic E-state index is 12.1. The Morgan fingerprint density at radius 3 is 2.64 bits per heavy atom. The smallest absolute Gasteiger partial charge is 0.303 e. The van der Waals surface area contributed by atoms with Crippen LogP contribution in [0.2, 0.25) is 0 Å². The van der Waals surface area contributed by atoms with Gasteiger partial charge in [0.05, 0.1) is 23.1 Å². The van der Waals surface area contributed by atoms with Crippen LogP contribution >= 0.6 is 0 Å². The third-order valence-electron chi connectivity index (χ3n) is 3.36. The van der Waals surface area contributed by atoms with Crippen LogP contribution in [0.4, 0.5) is 0 Å². The lowest BCUT2D eigenvalue weighted by atomic mass is 10.2. The number of nitrogens with zero attached hydrogens (tertiary/aromatic N) is 2. The first-order valence-electron chi connectivity index (χ1n) is 7.19. The first-order chi connectivity index (χ1) is 10.6. The second kappa shape index (κ2) is 7.40. The molecule has 0 aliphatic carbocycles. The second-order valence-electron chi connectivity index (χ2n) is 5.00. The third-order valence-corrected chi connectivity index (χ3v) is 3.36. The van der Waals surface area contributed by atoms with E-state index in [9.17, 15) is 9.59 Å². The lowest BCUT2D eigenvalue weighted by molar-refractivity contribution is -0.137. The van der Waals surface area contributed by atoms with Gasteiger partial charge in [0, 0.05) is 13.0 Å². The van der Waals surface area contributed by atoms with Gasteiger partial charge in [0.15, 0.2) is 0 Å². The van der Waals surface area contributed by atoms with Crippen LogP contribution in [-0.2, 0) is 4.79 Å². The lowest BCUT2D eigenvalue weighted by Crippen LogP contribution is -2.25. The van der Waals surface area contributed by atoms with Crippen molar-refractivity contribution in [3.8, 4) is 5.69 Å². The summed E-state index contributed by atoms with van der Waals surface area (Å²) in [5.41, 5.74) is 2.21. The van der Waals surface area contributed by atoms with Crippen LogP contribution in [-0.4, -0.2) is 33.3 Å². The number of carboxylic acids is 1. The zero-order valence-electron chi connectivity index (χ0n) is 12.5. The molecule has 1 heterocycles. The van der Waals surface area contributed by atoms with Crippen molar-refractivity contribution < 1.29 is 14.7 Å². The molecular weight excluding hydrogens is 282 g/mol. The lowest BCUT2D eigenvalue weighted by Gasteiger charge is -2.06. The normalized spacial score (nSPS) is 10.4. The van der Waals surface area contributed by atoms with Gasteiger partial charge in [-0.1, -0.05) is 18.2 Å². The Balaban J connectivity index is 1.94. The Hall–Kier alpha value is -2.63. The molecule has 1 amide bonds. The number of aromatic nitrogens is 2. The van der Waals surface area contributed by atoms with Crippen LogP contribution in [0.15, 0.2) is 36.5 Å². The predicted octanol–water partition coefficient (Wildman–Crippen LogP) is 2.17. The molecule has 0 unspecified atom stereocenters. The molecular formula is C16H19N3O3. The van der Waals surface area contributed by atoms with Crippen LogP contribution in [0.3, 0.4) is 0 Å². The largest absolute Gasteiger partial charge is 0.481 e. The summed E-state index contributed by atoms with van der Waals surface area (Å²) in [5.74, 6) is -0.999. The molecule has 0 aliphatic rings. The minimum Gasteiger partial charge on any atom is -0.481 e. The van der Waals surface area contributed by atoms with Crippen molar-refractivity contribution in [2.24, 2.45) is 0 Å². The first-order valence-corrected chi connectivity index (χ1v) is 7.19. The minimum absolute atomic E-state index is 0.126. The number of hydrogen-bond donors (Lipinski definition) is 2. The number of amides is 1. The zero-order chi connectivity index (χ0) is 15.9. The van der Waals surface area contributed by atoms with Crippen molar-refractivity contribution in [3.63, 3.8) is 0 Å². The number of carbonyl (C=O) groups excluding carboxylic acids is 1. The molecule has 0 bridgehead atoms. The Bertz CT molecular complexity index is 650. The fourth-order valence-electron chi connectivity index (χ4n) is 2.16. The maximum Gasteiger partial charge on any atom is 0.303 e. The molecule has 2 aromatic rings. The molecule has 2 rings (SSSR count). The van der Waals surface area contributed by atoms with Crippen molar-refractivity contribution in [2.45, 2.75) is 26.2 Å². The van der Waals surface area contributed by atoms with E-state index in [1.165, 1.54) is 0 Å². The highest BCUT2D eigenvalue weighted by molar-refractivity contribution is 5.95. The SMILES string of the molecule is Cc1c(C(=O)NCCCCC(=O)O)cnn1-c1ccccc1. The van der Waals surface area contributed by atoms with Crippen molar-refractivity contribution >= 4 is 11.9 Å². The van der Waals surface area contributed by atoms with Crippen molar-refractivity contribution in [1.82, 2.24) is 15.1 Å². The van der Waals surface area contributed by atoms with Gasteiger partial charge in [0.1, 0.15) is 0 Å². The summed E-state index contributed by atoms with van der Waals surface area (Å²) < 4.78 is 1.72. The molecule has 0 fully saturated rings. The van der Waals surface area contributed by atoms with Gasteiger partial charge in [0.2, 0.25) is 0 Å². The average molecular weight is 301 g/mol. The van der Waals surface area contributed by atoms with Gasteiger partial charge in [-0.05, 0) is 31.9 Å². The summed E-state index contributed by atoms with van der Waals surface area (Å²) in [6.45, 7) is 2.31. The molecule has 6 heteroatoms. The fraction of sp³-hybridized carbons (Fsp3) is 0.312. The number of para-hydroxylation sites is 1. The van der Waals surface area contributed by atoms with Gasteiger partial charge in [-0.2, -0.15) is 5.10 Å². The van der Waals surface area contributed by atoms with Gasteiger partial charge in [-0.25, -0.2) is 4.68 Å². The Kier molecular flexibility index (Phi) is 5.30. The third kappa shape index (κ3) is 3.94. The average Bonchev–Trinajstić information content (AvgIpc) is 2.89. The number of nitrogens with one attached hydrogen (secondary N) is 1. The molecule has 0 atom stereocenters. The molecule has 6 nitrogen and oxygen atoms in total. The topological polar surface area (TPSA) is 84.2 Å². The van der Waals surface area contributed by atoms with E-state index in [1.807, 2.05) is 37.3 Å². The Morgan fingerprint density at radius 2 is 1.95 bits per heavy atom. The van der Waals surface area contributed by atoms with Crippen LogP contribution in [0.5, 0.6) is 0 Å². The predicted molar refractivity (Wildman–Crippen MR) is 82.1 cm³/mol. The summed E-state index contributed by atoms with van der Waals surface area (Å²) in [7, 11) is 0. The second-order valence-corrected chi connectivity index (χ2v) is 5.00. The molecule has 1 aromatic carbocycles. The van der Waals surface area contributed by atoms with Gasteiger partial charge in [0.25, 0.3) is 5.91 Å². The van der Waals surface area contributed by atoms with Crippen molar-refractivity contribution in [2.75, 3.05) is 6.54 Å². The van der Waals surface area contributed by atoms with Crippen molar-refractivity contribution in [3.05, 3.63) is 47.8 Å². The minimum atomic E-state index is -0.814. The first kappa shape index (κ1) is 15.8. The van der Waals surface area contributed by atoms with Crippen LogP contribution < -0.4 is 5.32 Å². The number of rotatable bonds is 7. The number of carboxylic acid groups (broad SMARTS) is 1. The van der Waals surface area contributed by atoms with Gasteiger partial charge in [-0.15, -0.1) is 0 Å². The highest BCUT2D eigenvalue weighted by Crippen LogP contribution is 2.13. The standard InChI is InChI=1S/C16H19N3O3/c1-12-14(16(22)17-10-6-5-9-15(20)21)11-18-19(12)13-7-3-2-4-8-13/h2-4,7-8,11H,5-6,9-10H2,1H3,(H,17,22)(H,20,21). The van der Waals surface area contributed by atoms with Crippen molar-refractivity contribution in [1.29, 1.82) is 0 Å². The van der Waals surface area contributed by atoms with Crippen LogP contribution in [0.25, 0.3) is 5.69 Å². The van der Waals surface area contributed by atoms with E-state index in [2.05, 4.69) is 10.4 Å². The number of carbonyl (C=O) groups is 2. The molecule has 2 N–H and O–H groups in total. The summed E-state index contributed by atoms with van der Waals surface area (Å²) in [6.07, 6.45) is 2.87. The monoisotopic (exact) mass is 301 g/mol. The molecule has 1 aromatic heterocycles. The summed E-state index contributed by atoms with van der Waals surface area (Å²) in [5, 5.41) is 15.6. The van der Waals surface area contributed by atoms with Gasteiger partial charge >= 0.3 is 5.97 Å². The quantitative estimate of drug-likeness (QED) is 0.768. The highest BCUT2D eigenvalue weighted by atomic mass is 16.4. The zero-order valence-corrected chi connectivity index (χ0v) is 12.5. The number of hydrogen-bond acceptors (Lipinski definition) is 3. The summed E-state index contributed by atoms with van der Waals surface area (Å²) >= 11 is 0.